The third-order valence-electron chi connectivity index (χ3n) is 7.14. The molecule has 234 valence electrons. The average molecular weight is 632 g/mol. The standard InChI is InChI=1S/C27H30N5O11P/c1-5-18(33)29-26-30-23-19(24(35)31-26)28-12-32(23)25-22-21(42-27(2,3)43-22)17(41-25)11-40-44(36)39-10-13-9-38-16-8-14(37-4)6-7-15(16)20(13)34/h6-9,12,17,21-22,25,36H,5,10-11H2,1-4H3,(H2,29,30,31,33,35)/t17-,21-,22-,25-,44?/m1/s1. The van der Waals surface area contributed by atoms with E-state index < -0.39 is 44.5 Å². The van der Waals surface area contributed by atoms with Crippen LogP contribution in [0.1, 0.15) is 39.0 Å². The Hall–Kier alpha value is -3.76. The molecule has 3 aromatic heterocycles. The van der Waals surface area contributed by atoms with E-state index in [1.807, 2.05) is 0 Å². The lowest BCUT2D eigenvalue weighted by atomic mass is 10.1. The molecule has 0 saturated carbocycles. The van der Waals surface area contributed by atoms with E-state index in [1.165, 1.54) is 24.3 Å². The molecule has 0 aliphatic carbocycles. The van der Waals surface area contributed by atoms with E-state index in [0.29, 0.717) is 16.7 Å². The molecule has 1 amide bonds. The second-order valence-electron chi connectivity index (χ2n) is 10.5. The van der Waals surface area contributed by atoms with Crippen LogP contribution in [0.2, 0.25) is 0 Å². The molecule has 44 heavy (non-hydrogen) atoms. The van der Waals surface area contributed by atoms with Crippen molar-refractivity contribution in [2.45, 2.75) is 64.1 Å². The Bertz CT molecular complexity index is 1820. The van der Waals surface area contributed by atoms with Crippen LogP contribution in [-0.4, -0.2) is 68.1 Å². The van der Waals surface area contributed by atoms with Gasteiger partial charge < -0.3 is 37.3 Å². The van der Waals surface area contributed by atoms with Crippen molar-refractivity contribution in [2.75, 3.05) is 19.0 Å². The van der Waals surface area contributed by atoms with Gasteiger partial charge >= 0.3 is 8.60 Å². The molecule has 2 fully saturated rings. The highest BCUT2D eigenvalue weighted by Crippen LogP contribution is 2.45. The maximum Gasteiger partial charge on any atom is 0.330 e. The Labute approximate surface area is 250 Å². The molecule has 0 spiro atoms. The van der Waals surface area contributed by atoms with Crippen LogP contribution in [0.4, 0.5) is 5.95 Å². The number of aromatic nitrogens is 4. The summed E-state index contributed by atoms with van der Waals surface area (Å²) < 4.78 is 41.7. The van der Waals surface area contributed by atoms with Crippen molar-refractivity contribution < 1.29 is 42.1 Å². The predicted molar refractivity (Wildman–Crippen MR) is 154 cm³/mol. The van der Waals surface area contributed by atoms with Crippen LogP contribution in [0.25, 0.3) is 22.1 Å². The van der Waals surface area contributed by atoms with Gasteiger partial charge in [0.2, 0.25) is 11.9 Å². The normalized spacial score (nSPS) is 23.2. The number of hydrogen-bond acceptors (Lipinski definition) is 13. The number of methoxy groups -OCH3 is 1. The molecule has 2 aliphatic rings. The smallest absolute Gasteiger partial charge is 0.330 e. The number of fused-ring (bicyclic) bond motifs is 3. The van der Waals surface area contributed by atoms with Gasteiger partial charge in [-0.2, -0.15) is 4.98 Å². The molecule has 16 nitrogen and oxygen atoms in total. The molecule has 2 aliphatic heterocycles. The Kier molecular flexibility index (Phi) is 8.24. The summed E-state index contributed by atoms with van der Waals surface area (Å²) >= 11 is 0. The third-order valence-corrected chi connectivity index (χ3v) is 7.86. The number of rotatable bonds is 10. The number of carbonyl (C=O) groups is 1. The van der Waals surface area contributed by atoms with E-state index in [-0.39, 0.29) is 53.6 Å². The molecule has 1 unspecified atom stereocenters. The molecular formula is C27H30N5O11P. The largest absolute Gasteiger partial charge is 0.497 e. The Morgan fingerprint density at radius 3 is 2.80 bits per heavy atom. The molecule has 1 aromatic carbocycles. The highest BCUT2D eigenvalue weighted by atomic mass is 31.2. The minimum atomic E-state index is -2.43. The van der Waals surface area contributed by atoms with Gasteiger partial charge in [0.1, 0.15) is 35.9 Å². The predicted octanol–water partition coefficient (Wildman–Crippen LogP) is 2.45. The van der Waals surface area contributed by atoms with Crippen LogP contribution in [0.5, 0.6) is 5.75 Å². The van der Waals surface area contributed by atoms with Crippen LogP contribution >= 0.6 is 8.60 Å². The van der Waals surface area contributed by atoms with Gasteiger partial charge in [-0.25, -0.2) is 4.98 Å². The number of anilines is 1. The van der Waals surface area contributed by atoms with Gasteiger partial charge in [0, 0.05) is 12.5 Å². The quantitative estimate of drug-likeness (QED) is 0.216. The fourth-order valence-corrected chi connectivity index (χ4v) is 5.68. The van der Waals surface area contributed by atoms with E-state index >= 15 is 0 Å². The molecule has 0 bridgehead atoms. The first-order valence-corrected chi connectivity index (χ1v) is 14.8. The lowest BCUT2D eigenvalue weighted by Crippen LogP contribution is -2.32. The molecular weight excluding hydrogens is 601 g/mol. The summed E-state index contributed by atoms with van der Waals surface area (Å²) in [5.41, 5.74) is -0.0816. The number of H-pyrrole nitrogens is 1. The SMILES string of the molecule is CCC(=O)Nc1nc2c(ncn2[C@@H]2O[C@H](COP(O)OCc3coc4cc(OC)ccc4c3=O)[C@H]3OC(C)(C)O[C@H]32)c(=O)[nH]1. The zero-order valence-electron chi connectivity index (χ0n) is 24.1. The van der Waals surface area contributed by atoms with Crippen LogP contribution in [0, 0.1) is 0 Å². The number of amides is 1. The van der Waals surface area contributed by atoms with Crippen molar-refractivity contribution in [2.24, 2.45) is 0 Å². The molecule has 3 N–H and O–H groups in total. The number of imidazole rings is 1. The number of benzene rings is 1. The van der Waals surface area contributed by atoms with Gasteiger partial charge in [0.15, 0.2) is 28.6 Å². The molecule has 17 heteroatoms. The van der Waals surface area contributed by atoms with E-state index in [1.54, 1.807) is 39.0 Å². The number of hydrogen-bond donors (Lipinski definition) is 3. The summed E-state index contributed by atoms with van der Waals surface area (Å²) in [5, 5.41) is 2.88. The Morgan fingerprint density at radius 2 is 2.02 bits per heavy atom. The van der Waals surface area contributed by atoms with Gasteiger partial charge in [0.25, 0.3) is 5.56 Å². The summed E-state index contributed by atoms with van der Waals surface area (Å²) in [6.45, 7) is 4.77. The number of nitrogens with one attached hydrogen (secondary N) is 2. The summed E-state index contributed by atoms with van der Waals surface area (Å²) in [6.07, 6.45) is 0.00998. The van der Waals surface area contributed by atoms with Crippen molar-refractivity contribution in [1.29, 1.82) is 0 Å². The van der Waals surface area contributed by atoms with Crippen LogP contribution in [0.15, 0.2) is 44.8 Å². The molecule has 4 aromatic rings. The molecule has 5 atom stereocenters. The first-order chi connectivity index (χ1) is 21.1. The summed E-state index contributed by atoms with van der Waals surface area (Å²) in [4.78, 5) is 58.9. The Morgan fingerprint density at radius 1 is 1.23 bits per heavy atom. The topological polar surface area (TPSA) is 198 Å². The van der Waals surface area contributed by atoms with Crippen molar-refractivity contribution in [3.63, 3.8) is 0 Å². The second-order valence-corrected chi connectivity index (χ2v) is 11.5. The third kappa shape index (κ3) is 5.85. The van der Waals surface area contributed by atoms with Crippen molar-refractivity contribution in [3.8, 4) is 5.75 Å². The monoisotopic (exact) mass is 631 g/mol. The first-order valence-electron chi connectivity index (χ1n) is 13.7. The molecule has 0 radical (unpaired) electrons. The highest BCUT2D eigenvalue weighted by Gasteiger charge is 2.56. The van der Waals surface area contributed by atoms with E-state index in [0.717, 1.165) is 0 Å². The van der Waals surface area contributed by atoms with Crippen molar-refractivity contribution in [1.82, 2.24) is 19.5 Å². The molecule has 2 saturated heterocycles. The first kappa shape index (κ1) is 30.3. The van der Waals surface area contributed by atoms with Gasteiger partial charge in [-0.3, -0.25) is 29.3 Å². The fraction of sp³-hybridized carbons (Fsp3) is 0.444. The lowest BCUT2D eigenvalue weighted by Gasteiger charge is -2.25. The maximum absolute atomic E-state index is 12.8. The zero-order chi connectivity index (χ0) is 31.2. The Balaban J connectivity index is 1.15. The van der Waals surface area contributed by atoms with E-state index in [9.17, 15) is 19.3 Å². The minimum absolute atomic E-state index is 0.0299. The van der Waals surface area contributed by atoms with Crippen molar-refractivity contribution >= 4 is 42.6 Å². The van der Waals surface area contributed by atoms with Gasteiger partial charge in [0.05, 0.1) is 37.6 Å². The summed E-state index contributed by atoms with van der Waals surface area (Å²) in [7, 11) is -0.913. The molecule has 6 rings (SSSR count). The zero-order valence-corrected chi connectivity index (χ0v) is 25.0. The van der Waals surface area contributed by atoms with Gasteiger partial charge in [-0.1, -0.05) is 6.92 Å². The van der Waals surface area contributed by atoms with Crippen LogP contribution < -0.4 is 21.0 Å². The van der Waals surface area contributed by atoms with Crippen LogP contribution in [-0.2, 0) is 34.7 Å². The van der Waals surface area contributed by atoms with E-state index in [2.05, 4.69) is 20.3 Å². The fourth-order valence-electron chi connectivity index (χ4n) is 5.08. The average Bonchev–Trinajstić information content (AvgIpc) is 3.66. The number of ether oxygens (including phenoxy) is 4. The summed E-state index contributed by atoms with van der Waals surface area (Å²) in [5.74, 6) is -0.775. The number of carbonyl (C=O) groups excluding carboxylic acids is 1. The van der Waals surface area contributed by atoms with Gasteiger partial charge in [-0.05, 0) is 26.0 Å². The number of aromatic amines is 1. The van der Waals surface area contributed by atoms with Crippen molar-refractivity contribution in [3.05, 3.63) is 56.9 Å². The number of nitrogens with zero attached hydrogens (tertiary/aromatic N) is 3. The second kappa shape index (κ2) is 12.0. The maximum atomic E-state index is 12.8. The summed E-state index contributed by atoms with van der Waals surface area (Å²) in [6, 6.07) is 4.84. The van der Waals surface area contributed by atoms with Gasteiger partial charge in [-0.15, -0.1) is 0 Å². The lowest BCUT2D eigenvalue weighted by molar-refractivity contribution is -0.199. The van der Waals surface area contributed by atoms with E-state index in [4.69, 9.17) is 32.4 Å². The minimum Gasteiger partial charge on any atom is -0.497 e. The highest BCUT2D eigenvalue weighted by molar-refractivity contribution is 7.40. The van der Waals surface area contributed by atoms with Crippen LogP contribution in [0.3, 0.4) is 0 Å². The molecule has 5 heterocycles.